The zero-order chi connectivity index (χ0) is 17.7. The first-order valence-electron chi connectivity index (χ1n) is 8.31. The number of nitrogen functional groups attached to an aromatic ring is 1. The second-order valence-electron chi connectivity index (χ2n) is 6.32. The Morgan fingerprint density at radius 3 is 2.81 bits per heavy atom. The summed E-state index contributed by atoms with van der Waals surface area (Å²) < 4.78 is 19.4. The summed E-state index contributed by atoms with van der Waals surface area (Å²) in [7, 11) is 0. The molecule has 5 rings (SSSR count). The van der Waals surface area contributed by atoms with Gasteiger partial charge in [0, 0.05) is 5.56 Å². The molecule has 0 saturated carbocycles. The smallest absolute Gasteiger partial charge is 0.184 e. The van der Waals surface area contributed by atoms with E-state index >= 15 is 0 Å². The molecule has 26 heavy (non-hydrogen) atoms. The number of rotatable bonds is 2. The van der Waals surface area contributed by atoms with Crippen LogP contribution in [0.15, 0.2) is 43.0 Å². The molecule has 134 valence electrons. The maximum Gasteiger partial charge on any atom is 0.184 e. The Balaban J connectivity index is 1.43. The van der Waals surface area contributed by atoms with Crippen LogP contribution in [-0.2, 0) is 14.2 Å². The highest BCUT2D eigenvalue weighted by Gasteiger charge is 2.49. The fourth-order valence-electron chi connectivity index (χ4n) is 3.46. The molecular formula is C17H17N5O4. The Labute approximate surface area is 148 Å². The number of anilines is 1. The average Bonchev–Trinajstić information content (AvgIpc) is 3.24. The van der Waals surface area contributed by atoms with E-state index in [0.717, 1.165) is 5.56 Å². The topological polar surface area (TPSA) is 118 Å². The highest BCUT2D eigenvalue weighted by Crippen LogP contribution is 2.39. The van der Waals surface area contributed by atoms with Crippen molar-refractivity contribution in [2.45, 2.75) is 30.8 Å². The maximum atomic E-state index is 10.8. The summed E-state index contributed by atoms with van der Waals surface area (Å²) in [6.45, 7) is 0.321. The molecule has 5 atom stereocenters. The van der Waals surface area contributed by atoms with Gasteiger partial charge >= 0.3 is 0 Å². The molecule has 5 unspecified atom stereocenters. The summed E-state index contributed by atoms with van der Waals surface area (Å²) in [5.74, 6) is 0.280. The largest absolute Gasteiger partial charge is 0.386 e. The molecule has 2 aliphatic rings. The fraction of sp³-hybridized carbons (Fsp3) is 0.353. The van der Waals surface area contributed by atoms with Crippen LogP contribution in [0.5, 0.6) is 0 Å². The van der Waals surface area contributed by atoms with Gasteiger partial charge in [0.15, 0.2) is 24.0 Å². The quantitative estimate of drug-likeness (QED) is 0.692. The van der Waals surface area contributed by atoms with Crippen molar-refractivity contribution in [2.24, 2.45) is 0 Å². The van der Waals surface area contributed by atoms with Crippen LogP contribution in [0.3, 0.4) is 0 Å². The van der Waals surface area contributed by atoms with Gasteiger partial charge in [-0.2, -0.15) is 0 Å². The Kier molecular flexibility index (Phi) is 3.61. The van der Waals surface area contributed by atoms with E-state index < -0.39 is 24.7 Å². The molecule has 0 spiro atoms. The monoisotopic (exact) mass is 355 g/mol. The number of fused-ring (bicyclic) bond motifs is 2. The van der Waals surface area contributed by atoms with Crippen LogP contribution >= 0.6 is 0 Å². The summed E-state index contributed by atoms with van der Waals surface area (Å²) in [5, 5.41) is 10.8. The van der Waals surface area contributed by atoms with E-state index in [0.29, 0.717) is 17.8 Å². The van der Waals surface area contributed by atoms with Gasteiger partial charge in [-0.15, -0.1) is 0 Å². The molecule has 4 heterocycles. The normalized spacial score (nSPS) is 31.2. The van der Waals surface area contributed by atoms with Gasteiger partial charge in [0.25, 0.3) is 0 Å². The number of nitrogens with two attached hydrogens (primary N) is 1. The van der Waals surface area contributed by atoms with E-state index in [4.69, 9.17) is 19.9 Å². The maximum absolute atomic E-state index is 10.8. The number of benzene rings is 1. The Morgan fingerprint density at radius 2 is 1.96 bits per heavy atom. The van der Waals surface area contributed by atoms with Crippen LogP contribution in [0.1, 0.15) is 18.1 Å². The molecule has 9 nitrogen and oxygen atoms in total. The summed E-state index contributed by atoms with van der Waals surface area (Å²) in [6, 6.07) is 9.61. The number of imidazole rings is 1. The minimum absolute atomic E-state index is 0.280. The SMILES string of the molecule is Nc1ncnc2c1ncn2C1OC2COC(c3ccccc3)OC2C1O. The lowest BCUT2D eigenvalue weighted by molar-refractivity contribution is -0.252. The van der Waals surface area contributed by atoms with Crippen molar-refractivity contribution in [2.75, 3.05) is 12.3 Å². The zero-order valence-corrected chi connectivity index (χ0v) is 13.7. The van der Waals surface area contributed by atoms with E-state index in [2.05, 4.69) is 15.0 Å². The molecule has 0 bridgehead atoms. The number of nitrogens with zero attached hydrogens (tertiary/aromatic N) is 4. The van der Waals surface area contributed by atoms with Gasteiger partial charge in [-0.3, -0.25) is 4.57 Å². The van der Waals surface area contributed by atoms with E-state index in [9.17, 15) is 5.11 Å². The molecule has 3 N–H and O–H groups in total. The predicted molar refractivity (Wildman–Crippen MR) is 89.7 cm³/mol. The van der Waals surface area contributed by atoms with Gasteiger partial charge in [-0.05, 0) is 0 Å². The van der Waals surface area contributed by atoms with Gasteiger partial charge in [0.1, 0.15) is 30.2 Å². The van der Waals surface area contributed by atoms with Gasteiger partial charge < -0.3 is 25.1 Å². The summed E-state index contributed by atoms with van der Waals surface area (Å²) in [5.41, 5.74) is 7.70. The third kappa shape index (κ3) is 2.36. The molecule has 2 aliphatic heterocycles. The van der Waals surface area contributed by atoms with Crippen molar-refractivity contribution in [3.63, 3.8) is 0 Å². The number of ether oxygens (including phenoxy) is 3. The lowest BCUT2D eigenvalue weighted by Crippen LogP contribution is -2.42. The predicted octanol–water partition coefficient (Wildman–Crippen LogP) is 0.781. The lowest BCUT2D eigenvalue weighted by atomic mass is 10.1. The van der Waals surface area contributed by atoms with Crippen LogP contribution in [0.4, 0.5) is 5.82 Å². The van der Waals surface area contributed by atoms with E-state index in [-0.39, 0.29) is 11.9 Å². The van der Waals surface area contributed by atoms with E-state index in [1.807, 2.05) is 30.3 Å². The molecule has 1 aromatic carbocycles. The minimum Gasteiger partial charge on any atom is -0.386 e. The minimum atomic E-state index is -0.899. The number of aromatic nitrogens is 4. The number of aliphatic hydroxyl groups excluding tert-OH is 1. The first-order valence-corrected chi connectivity index (χ1v) is 8.31. The van der Waals surface area contributed by atoms with Crippen molar-refractivity contribution < 1.29 is 19.3 Å². The second kappa shape index (κ2) is 5.99. The molecular weight excluding hydrogens is 338 g/mol. The number of hydrogen-bond donors (Lipinski definition) is 2. The molecule has 0 aliphatic carbocycles. The molecule has 0 radical (unpaired) electrons. The molecule has 2 fully saturated rings. The number of aliphatic hydroxyl groups is 1. The molecule has 9 heteroatoms. The molecule has 3 aromatic rings. The summed E-state index contributed by atoms with van der Waals surface area (Å²) >= 11 is 0. The van der Waals surface area contributed by atoms with Gasteiger partial charge in [-0.25, -0.2) is 15.0 Å². The molecule has 0 amide bonds. The summed E-state index contributed by atoms with van der Waals surface area (Å²) in [6.07, 6.45) is -0.133. The van der Waals surface area contributed by atoms with Crippen LogP contribution in [-0.4, -0.2) is 49.5 Å². The third-order valence-corrected chi connectivity index (χ3v) is 4.73. The van der Waals surface area contributed by atoms with Crippen molar-refractivity contribution in [3.05, 3.63) is 48.5 Å². The van der Waals surface area contributed by atoms with Crippen molar-refractivity contribution in [1.29, 1.82) is 0 Å². The van der Waals surface area contributed by atoms with Gasteiger partial charge in [-0.1, -0.05) is 30.3 Å². The summed E-state index contributed by atoms with van der Waals surface area (Å²) in [4.78, 5) is 12.4. The van der Waals surface area contributed by atoms with Crippen molar-refractivity contribution >= 4 is 17.0 Å². The second-order valence-corrected chi connectivity index (χ2v) is 6.32. The van der Waals surface area contributed by atoms with Gasteiger partial charge in [0.2, 0.25) is 0 Å². The molecule has 2 aromatic heterocycles. The van der Waals surface area contributed by atoms with Crippen molar-refractivity contribution in [3.8, 4) is 0 Å². The molecule has 2 saturated heterocycles. The highest BCUT2D eigenvalue weighted by atomic mass is 16.7. The van der Waals surface area contributed by atoms with Crippen LogP contribution in [0, 0.1) is 0 Å². The fourth-order valence-corrected chi connectivity index (χ4v) is 3.46. The third-order valence-electron chi connectivity index (χ3n) is 4.73. The zero-order valence-electron chi connectivity index (χ0n) is 13.7. The van der Waals surface area contributed by atoms with Crippen LogP contribution < -0.4 is 5.73 Å². The Hall–Kier alpha value is -2.59. The Bertz CT molecular complexity index is 933. The van der Waals surface area contributed by atoms with Crippen LogP contribution in [0.2, 0.25) is 0 Å². The standard InChI is InChI=1S/C17H17N5O4/c18-14-11-15(20-7-19-14)22(8-21-11)16-12(23)13-10(25-16)6-24-17(26-13)9-4-2-1-3-5-9/h1-5,7-8,10,12-13,16-17,23H,6H2,(H2,18,19,20). The Morgan fingerprint density at radius 1 is 1.12 bits per heavy atom. The lowest BCUT2D eigenvalue weighted by Gasteiger charge is -2.32. The van der Waals surface area contributed by atoms with Gasteiger partial charge in [0.05, 0.1) is 12.9 Å². The first kappa shape index (κ1) is 15.6. The average molecular weight is 355 g/mol. The first-order chi connectivity index (χ1) is 12.7. The van der Waals surface area contributed by atoms with E-state index in [1.165, 1.54) is 12.7 Å². The highest BCUT2D eigenvalue weighted by molar-refractivity contribution is 5.81. The van der Waals surface area contributed by atoms with Crippen LogP contribution in [0.25, 0.3) is 11.2 Å². The van der Waals surface area contributed by atoms with E-state index in [1.54, 1.807) is 4.57 Å². The van der Waals surface area contributed by atoms with Crippen molar-refractivity contribution in [1.82, 2.24) is 19.5 Å². The number of hydrogen-bond acceptors (Lipinski definition) is 8.